The lowest BCUT2D eigenvalue weighted by atomic mass is 9.73. The fraction of sp³-hybridized carbons (Fsp3) is 0.667. The molecule has 0 N–H and O–H groups in total. The summed E-state index contributed by atoms with van der Waals surface area (Å²) in [5.74, 6) is -0.413. The van der Waals surface area contributed by atoms with Crippen molar-refractivity contribution in [1.82, 2.24) is 0 Å². The summed E-state index contributed by atoms with van der Waals surface area (Å²) in [6.45, 7) is 0. The fourth-order valence-electron chi connectivity index (χ4n) is 4.36. The van der Waals surface area contributed by atoms with Gasteiger partial charge in [-0.2, -0.15) is 4.89 Å². The smallest absolute Gasteiger partial charge is 0.230 e. The second kappa shape index (κ2) is 6.05. The van der Waals surface area contributed by atoms with Gasteiger partial charge in [0.05, 0.1) is 0 Å². The molecule has 3 aliphatic heterocycles. The summed E-state index contributed by atoms with van der Waals surface area (Å²) in [6, 6.07) is 8.34. The van der Waals surface area contributed by atoms with E-state index < -0.39 is 11.4 Å². The molecule has 5 rings (SSSR count). The van der Waals surface area contributed by atoms with Gasteiger partial charge in [0.2, 0.25) is 5.79 Å². The van der Waals surface area contributed by atoms with E-state index in [0.29, 0.717) is 5.92 Å². The second-order valence-corrected chi connectivity index (χ2v) is 7.65. The Balaban J connectivity index is 1.73. The summed E-state index contributed by atoms with van der Waals surface area (Å²) in [5.41, 5.74) is 0.573. The number of hydrogen-bond donors (Lipinski definition) is 0. The number of ether oxygens (including phenoxy) is 2. The van der Waals surface area contributed by atoms with Crippen LogP contribution in [0.4, 0.5) is 0 Å². The third kappa shape index (κ3) is 2.45. The minimum Gasteiger partial charge on any atom is -0.353 e. The average molecular weight is 336 g/mol. The number of benzene rings is 1. The van der Waals surface area contributed by atoms with Gasteiger partial charge in [0, 0.05) is 24.0 Å². The Bertz CT molecular complexity index is 576. The van der Waals surface area contributed by atoms with Gasteiger partial charge in [-0.15, -0.1) is 11.8 Å². The predicted octanol–water partition coefficient (Wildman–Crippen LogP) is 4.24. The molecule has 3 heterocycles. The third-order valence-electron chi connectivity index (χ3n) is 5.63. The standard InChI is InChI=1S/C18H24O4S/c1-19-16-17-10-4-3-6-13(17)9-11-18(20-16,22-21-17)14-7-5-8-15(12-14)23-2/h5,7-8,12-13,16H,3-4,6,9-11H2,1-2H3/t13-,16-,17+,18+/m1/s1. The van der Waals surface area contributed by atoms with Gasteiger partial charge in [0.25, 0.3) is 0 Å². The van der Waals surface area contributed by atoms with E-state index in [0.717, 1.165) is 37.7 Å². The lowest BCUT2D eigenvalue weighted by Crippen LogP contribution is -2.59. The highest BCUT2D eigenvalue weighted by atomic mass is 32.2. The van der Waals surface area contributed by atoms with Gasteiger partial charge in [-0.1, -0.05) is 25.0 Å². The van der Waals surface area contributed by atoms with Gasteiger partial charge < -0.3 is 9.47 Å². The molecule has 4 aliphatic rings. The van der Waals surface area contributed by atoms with Crippen molar-refractivity contribution in [3.8, 4) is 0 Å². The van der Waals surface area contributed by atoms with Crippen molar-refractivity contribution in [3.05, 3.63) is 29.8 Å². The van der Waals surface area contributed by atoms with Gasteiger partial charge in [-0.25, -0.2) is 4.89 Å². The second-order valence-electron chi connectivity index (χ2n) is 6.77. The SMILES string of the molecule is CO[C@@H]1O[C@@]2(c3cccc(SC)c3)CC[C@H]3CCCC[C@]31OO2. The van der Waals surface area contributed by atoms with Crippen LogP contribution in [-0.4, -0.2) is 25.3 Å². The molecule has 0 unspecified atom stereocenters. The Morgan fingerprint density at radius 2 is 2.09 bits per heavy atom. The number of hydrogen-bond acceptors (Lipinski definition) is 5. The van der Waals surface area contributed by atoms with Crippen molar-refractivity contribution in [3.63, 3.8) is 0 Å². The minimum atomic E-state index is -0.852. The zero-order valence-electron chi connectivity index (χ0n) is 13.7. The molecule has 2 bridgehead atoms. The quantitative estimate of drug-likeness (QED) is 0.610. The topological polar surface area (TPSA) is 36.9 Å². The van der Waals surface area contributed by atoms with Crippen LogP contribution in [0, 0.1) is 5.92 Å². The summed E-state index contributed by atoms with van der Waals surface area (Å²) in [5, 5.41) is 0. The molecule has 0 amide bonds. The Labute approximate surface area is 141 Å². The normalized spacial score (nSPS) is 39.7. The zero-order valence-corrected chi connectivity index (χ0v) is 14.6. The lowest BCUT2D eigenvalue weighted by molar-refractivity contribution is -0.558. The average Bonchev–Trinajstić information content (AvgIpc) is 2.88. The van der Waals surface area contributed by atoms with E-state index in [4.69, 9.17) is 19.2 Å². The van der Waals surface area contributed by atoms with E-state index >= 15 is 0 Å². The molecule has 1 spiro atoms. The molecule has 0 radical (unpaired) electrons. The molecule has 0 aromatic heterocycles. The molecular weight excluding hydrogens is 312 g/mol. The molecule has 1 saturated carbocycles. The highest BCUT2D eigenvalue weighted by Crippen LogP contribution is 2.55. The van der Waals surface area contributed by atoms with Crippen molar-refractivity contribution in [2.75, 3.05) is 13.4 Å². The first kappa shape index (κ1) is 15.9. The van der Waals surface area contributed by atoms with E-state index in [-0.39, 0.29) is 6.29 Å². The Kier molecular flexibility index (Phi) is 4.18. The molecule has 3 saturated heterocycles. The summed E-state index contributed by atoms with van der Waals surface area (Å²) in [4.78, 5) is 13.2. The number of rotatable bonds is 3. The maximum absolute atomic E-state index is 6.41. The number of methoxy groups -OCH3 is 1. The van der Waals surface area contributed by atoms with E-state index in [1.54, 1.807) is 18.9 Å². The highest BCUT2D eigenvalue weighted by molar-refractivity contribution is 7.98. The van der Waals surface area contributed by atoms with Crippen molar-refractivity contribution in [1.29, 1.82) is 0 Å². The third-order valence-corrected chi connectivity index (χ3v) is 6.36. The lowest BCUT2D eigenvalue weighted by Gasteiger charge is -2.49. The Morgan fingerprint density at radius 3 is 2.91 bits per heavy atom. The van der Waals surface area contributed by atoms with Crippen LogP contribution in [0.2, 0.25) is 0 Å². The van der Waals surface area contributed by atoms with Gasteiger partial charge in [0.15, 0.2) is 11.9 Å². The zero-order chi connectivity index (χ0) is 15.9. The van der Waals surface area contributed by atoms with Gasteiger partial charge in [-0.3, -0.25) is 0 Å². The molecule has 23 heavy (non-hydrogen) atoms. The summed E-state index contributed by atoms with van der Waals surface area (Å²) in [6.07, 6.45) is 8.04. The molecule has 1 aliphatic carbocycles. The maximum atomic E-state index is 6.41. The first-order valence-electron chi connectivity index (χ1n) is 8.44. The number of fused-ring (bicyclic) bond motifs is 3. The van der Waals surface area contributed by atoms with Crippen molar-refractivity contribution in [2.45, 2.75) is 61.1 Å². The fourth-order valence-corrected chi connectivity index (χ4v) is 4.82. The van der Waals surface area contributed by atoms with Crippen LogP contribution in [0.25, 0.3) is 0 Å². The van der Waals surface area contributed by atoms with Crippen molar-refractivity contribution < 1.29 is 19.2 Å². The molecular formula is C18H24O4S. The van der Waals surface area contributed by atoms with E-state index in [1.807, 2.05) is 6.07 Å². The van der Waals surface area contributed by atoms with Crippen LogP contribution in [0.3, 0.4) is 0 Å². The summed E-state index contributed by atoms with van der Waals surface area (Å²) >= 11 is 1.72. The van der Waals surface area contributed by atoms with Crippen LogP contribution < -0.4 is 0 Å². The van der Waals surface area contributed by atoms with E-state index in [9.17, 15) is 0 Å². The van der Waals surface area contributed by atoms with E-state index in [1.165, 1.54) is 11.3 Å². The Hall–Kier alpha value is -0.590. The highest BCUT2D eigenvalue weighted by Gasteiger charge is 2.61. The molecule has 4 fully saturated rings. The van der Waals surface area contributed by atoms with Gasteiger partial charge >= 0.3 is 0 Å². The van der Waals surface area contributed by atoms with Gasteiger partial charge in [0.1, 0.15) is 0 Å². The number of thioether (sulfide) groups is 1. The van der Waals surface area contributed by atoms with Crippen molar-refractivity contribution >= 4 is 11.8 Å². The van der Waals surface area contributed by atoms with Crippen LogP contribution >= 0.6 is 11.8 Å². The summed E-state index contributed by atoms with van der Waals surface area (Å²) in [7, 11) is 1.71. The van der Waals surface area contributed by atoms with Crippen LogP contribution in [0.5, 0.6) is 0 Å². The first-order chi connectivity index (χ1) is 11.2. The molecule has 1 aromatic rings. The van der Waals surface area contributed by atoms with Crippen LogP contribution in [0.15, 0.2) is 29.2 Å². The molecule has 1 aromatic carbocycles. The minimum absolute atomic E-state index is 0.373. The van der Waals surface area contributed by atoms with Crippen molar-refractivity contribution in [2.24, 2.45) is 5.92 Å². The molecule has 126 valence electrons. The van der Waals surface area contributed by atoms with Crippen LogP contribution in [-0.2, 0) is 25.0 Å². The van der Waals surface area contributed by atoms with Gasteiger partial charge in [-0.05, 0) is 43.6 Å². The van der Waals surface area contributed by atoms with E-state index in [2.05, 4.69) is 24.5 Å². The first-order valence-corrected chi connectivity index (χ1v) is 9.67. The molecule has 4 nitrogen and oxygen atoms in total. The Morgan fingerprint density at radius 1 is 1.17 bits per heavy atom. The predicted molar refractivity (Wildman–Crippen MR) is 87.9 cm³/mol. The summed E-state index contributed by atoms with van der Waals surface area (Å²) < 4.78 is 12.2. The monoisotopic (exact) mass is 336 g/mol. The largest absolute Gasteiger partial charge is 0.353 e. The molecule has 5 heteroatoms. The molecule has 4 atom stereocenters. The van der Waals surface area contributed by atoms with Crippen LogP contribution in [0.1, 0.15) is 44.1 Å². The maximum Gasteiger partial charge on any atom is 0.230 e.